The van der Waals surface area contributed by atoms with Crippen LogP contribution in [0.15, 0.2) is 22.8 Å². The van der Waals surface area contributed by atoms with E-state index in [1.54, 1.807) is 6.26 Å². The molecule has 0 spiro atoms. The lowest BCUT2D eigenvalue weighted by atomic mass is 10.0. The number of nitrogens with two attached hydrogens (primary N) is 1. The predicted molar refractivity (Wildman–Crippen MR) is 78.1 cm³/mol. The topological polar surface area (TPSA) is 77.5 Å². The first kappa shape index (κ1) is 16.7. The van der Waals surface area contributed by atoms with E-state index in [-0.39, 0.29) is 5.91 Å². The summed E-state index contributed by atoms with van der Waals surface area (Å²) in [6.07, 6.45) is 4.90. The first-order valence-electron chi connectivity index (χ1n) is 7.29. The Bertz CT molecular complexity index is 352. The largest absolute Gasteiger partial charge is 0.467 e. The zero-order valence-electron chi connectivity index (χ0n) is 12.3. The molecule has 1 atom stereocenters. The summed E-state index contributed by atoms with van der Waals surface area (Å²) in [6, 6.07) is 3.72. The maximum absolute atomic E-state index is 11.6. The summed E-state index contributed by atoms with van der Waals surface area (Å²) >= 11 is 0. The molecular weight excluding hydrogens is 256 g/mol. The van der Waals surface area contributed by atoms with Crippen LogP contribution in [-0.2, 0) is 16.1 Å². The molecule has 0 aliphatic carbocycles. The summed E-state index contributed by atoms with van der Waals surface area (Å²) in [5.41, 5.74) is 5.48. The van der Waals surface area contributed by atoms with Crippen LogP contribution in [0, 0.1) is 5.92 Å². The smallest absolute Gasteiger partial charge is 0.220 e. The molecule has 5 heteroatoms. The second-order valence-electron chi connectivity index (χ2n) is 5.06. The molecule has 5 nitrogen and oxygen atoms in total. The number of carbonyl (C=O) groups excluding carboxylic acids is 1. The summed E-state index contributed by atoms with van der Waals surface area (Å²) in [7, 11) is 0. The fourth-order valence-corrected chi connectivity index (χ4v) is 1.86. The van der Waals surface area contributed by atoms with Crippen LogP contribution < -0.4 is 11.1 Å². The van der Waals surface area contributed by atoms with Crippen LogP contribution in [0.25, 0.3) is 0 Å². The molecular formula is C15H26N2O3. The Morgan fingerprint density at radius 3 is 3.05 bits per heavy atom. The van der Waals surface area contributed by atoms with Crippen LogP contribution >= 0.6 is 0 Å². The van der Waals surface area contributed by atoms with Gasteiger partial charge in [0.05, 0.1) is 6.26 Å². The summed E-state index contributed by atoms with van der Waals surface area (Å²) in [5.74, 6) is 1.45. The van der Waals surface area contributed by atoms with Crippen LogP contribution in [-0.4, -0.2) is 25.6 Å². The molecule has 0 bridgehead atoms. The molecule has 1 aromatic heterocycles. The van der Waals surface area contributed by atoms with Crippen molar-refractivity contribution in [2.45, 2.75) is 39.2 Å². The Kier molecular flexibility index (Phi) is 8.74. The van der Waals surface area contributed by atoms with E-state index in [4.69, 9.17) is 14.9 Å². The van der Waals surface area contributed by atoms with Crippen LogP contribution in [0.5, 0.6) is 0 Å². The van der Waals surface area contributed by atoms with Gasteiger partial charge in [-0.2, -0.15) is 0 Å². The lowest BCUT2D eigenvalue weighted by Gasteiger charge is -2.10. The van der Waals surface area contributed by atoms with Gasteiger partial charge in [0.2, 0.25) is 5.91 Å². The molecule has 1 unspecified atom stereocenters. The summed E-state index contributed by atoms with van der Waals surface area (Å²) < 4.78 is 10.6. The molecule has 0 aliphatic heterocycles. The van der Waals surface area contributed by atoms with Crippen molar-refractivity contribution in [1.29, 1.82) is 0 Å². The first-order valence-corrected chi connectivity index (χ1v) is 7.29. The molecule has 3 N–H and O–H groups in total. The zero-order chi connectivity index (χ0) is 14.6. The molecule has 1 amide bonds. The number of furan rings is 1. The van der Waals surface area contributed by atoms with Gasteiger partial charge in [0.15, 0.2) is 0 Å². The highest BCUT2D eigenvalue weighted by atomic mass is 16.5. The lowest BCUT2D eigenvalue weighted by molar-refractivity contribution is -0.121. The molecule has 0 radical (unpaired) electrons. The van der Waals surface area contributed by atoms with Crippen molar-refractivity contribution in [1.82, 2.24) is 5.32 Å². The van der Waals surface area contributed by atoms with E-state index >= 15 is 0 Å². The minimum absolute atomic E-state index is 0.111. The van der Waals surface area contributed by atoms with Crippen LogP contribution in [0.4, 0.5) is 0 Å². The van der Waals surface area contributed by atoms with E-state index in [9.17, 15) is 4.79 Å². The number of carbonyl (C=O) groups is 1. The number of amides is 1. The van der Waals surface area contributed by atoms with Gasteiger partial charge in [0.25, 0.3) is 0 Å². The Balaban J connectivity index is 1.91. The standard InChI is InChI=1S/C15H26N2O3/c1-13(7-8-16)5-6-15(18)17-9-3-10-19-12-14-4-2-11-20-14/h2,4,11,13H,3,5-10,12,16H2,1H3,(H,17,18). The molecule has 1 aromatic rings. The second kappa shape index (κ2) is 10.5. The highest BCUT2D eigenvalue weighted by molar-refractivity contribution is 5.75. The highest BCUT2D eigenvalue weighted by Crippen LogP contribution is 2.08. The molecule has 114 valence electrons. The van der Waals surface area contributed by atoms with Crippen molar-refractivity contribution < 1.29 is 13.9 Å². The Hall–Kier alpha value is -1.33. The molecule has 1 heterocycles. The monoisotopic (exact) mass is 282 g/mol. The van der Waals surface area contributed by atoms with Crippen molar-refractivity contribution >= 4 is 5.91 Å². The van der Waals surface area contributed by atoms with Gasteiger partial charge in [0.1, 0.15) is 12.4 Å². The number of hydrogen-bond donors (Lipinski definition) is 2. The average molecular weight is 282 g/mol. The van der Waals surface area contributed by atoms with E-state index in [0.29, 0.717) is 38.6 Å². The quantitative estimate of drug-likeness (QED) is 0.609. The highest BCUT2D eigenvalue weighted by Gasteiger charge is 2.05. The third-order valence-electron chi connectivity index (χ3n) is 3.14. The average Bonchev–Trinajstić information content (AvgIpc) is 2.94. The van der Waals surface area contributed by atoms with Gasteiger partial charge in [-0.25, -0.2) is 0 Å². The first-order chi connectivity index (χ1) is 9.72. The summed E-state index contributed by atoms with van der Waals surface area (Å²) in [5, 5.41) is 2.90. The maximum atomic E-state index is 11.6. The van der Waals surface area contributed by atoms with Gasteiger partial charge in [-0.3, -0.25) is 4.79 Å². The SMILES string of the molecule is CC(CCN)CCC(=O)NCCCOCc1ccco1. The van der Waals surface area contributed by atoms with E-state index in [0.717, 1.165) is 25.0 Å². The van der Waals surface area contributed by atoms with E-state index in [1.807, 2.05) is 12.1 Å². The number of rotatable bonds is 11. The van der Waals surface area contributed by atoms with Gasteiger partial charge < -0.3 is 20.2 Å². The molecule has 1 rings (SSSR count). The number of nitrogens with one attached hydrogen (secondary N) is 1. The zero-order valence-corrected chi connectivity index (χ0v) is 12.3. The maximum Gasteiger partial charge on any atom is 0.220 e. The molecule has 20 heavy (non-hydrogen) atoms. The molecule has 0 saturated carbocycles. The Labute approximate surface area is 120 Å². The number of hydrogen-bond acceptors (Lipinski definition) is 4. The van der Waals surface area contributed by atoms with Crippen LogP contribution in [0.2, 0.25) is 0 Å². The second-order valence-corrected chi connectivity index (χ2v) is 5.06. The fraction of sp³-hybridized carbons (Fsp3) is 0.667. The van der Waals surface area contributed by atoms with Gasteiger partial charge in [0, 0.05) is 19.6 Å². The van der Waals surface area contributed by atoms with Gasteiger partial charge in [-0.05, 0) is 43.9 Å². The normalized spacial score (nSPS) is 12.3. The number of ether oxygens (including phenoxy) is 1. The minimum Gasteiger partial charge on any atom is -0.467 e. The van der Waals surface area contributed by atoms with Gasteiger partial charge >= 0.3 is 0 Å². The van der Waals surface area contributed by atoms with Gasteiger partial charge in [-0.15, -0.1) is 0 Å². The van der Waals surface area contributed by atoms with Crippen molar-refractivity contribution in [3.63, 3.8) is 0 Å². The Morgan fingerprint density at radius 1 is 1.50 bits per heavy atom. The molecule has 0 fully saturated rings. The Morgan fingerprint density at radius 2 is 2.35 bits per heavy atom. The molecule has 0 saturated heterocycles. The summed E-state index contributed by atoms with van der Waals surface area (Å²) in [6.45, 7) is 4.57. The third-order valence-corrected chi connectivity index (χ3v) is 3.14. The van der Waals surface area contributed by atoms with Crippen LogP contribution in [0.3, 0.4) is 0 Å². The van der Waals surface area contributed by atoms with Crippen molar-refractivity contribution in [2.75, 3.05) is 19.7 Å². The molecule has 0 aromatic carbocycles. The molecule has 0 aliphatic rings. The van der Waals surface area contributed by atoms with Crippen molar-refractivity contribution in [3.8, 4) is 0 Å². The van der Waals surface area contributed by atoms with Crippen molar-refractivity contribution in [3.05, 3.63) is 24.2 Å². The predicted octanol–water partition coefficient (Wildman–Crippen LogP) is 2.07. The summed E-state index contributed by atoms with van der Waals surface area (Å²) in [4.78, 5) is 11.6. The van der Waals surface area contributed by atoms with Gasteiger partial charge in [-0.1, -0.05) is 6.92 Å². The van der Waals surface area contributed by atoms with E-state index in [1.165, 1.54) is 0 Å². The minimum atomic E-state index is 0.111. The third kappa shape index (κ3) is 7.96. The lowest BCUT2D eigenvalue weighted by Crippen LogP contribution is -2.25. The van der Waals surface area contributed by atoms with E-state index < -0.39 is 0 Å². The van der Waals surface area contributed by atoms with Crippen LogP contribution in [0.1, 0.15) is 38.4 Å². The van der Waals surface area contributed by atoms with E-state index in [2.05, 4.69) is 12.2 Å². The van der Waals surface area contributed by atoms with Crippen molar-refractivity contribution in [2.24, 2.45) is 11.7 Å². The fourth-order valence-electron chi connectivity index (χ4n) is 1.86.